The van der Waals surface area contributed by atoms with Crippen LogP contribution in [-0.2, 0) is 0 Å². The Hall–Kier alpha value is -2.06. The zero-order chi connectivity index (χ0) is 11.0. The number of nitrogens with zero attached hydrogens (tertiary/aromatic N) is 4. The zero-order valence-corrected chi connectivity index (χ0v) is 8.69. The number of rotatable bonds is 2. The molecule has 80 valence electrons. The number of hydrogen-bond acceptors (Lipinski definition) is 7. The molecule has 0 unspecified atom stereocenters. The summed E-state index contributed by atoms with van der Waals surface area (Å²) >= 11 is 1.48. The number of nitrogens with one attached hydrogen (secondary N) is 2. The minimum absolute atomic E-state index is 0.291. The minimum atomic E-state index is 0.291. The molecule has 0 aliphatic carbocycles. The lowest BCUT2D eigenvalue weighted by Gasteiger charge is -1.95. The van der Waals surface area contributed by atoms with E-state index in [1.54, 1.807) is 5.51 Å². The van der Waals surface area contributed by atoms with Gasteiger partial charge in [0.15, 0.2) is 17.3 Å². The maximum Gasteiger partial charge on any atom is 0.183 e. The number of anilines is 1. The normalized spacial score (nSPS) is 10.8. The molecule has 0 bridgehead atoms. The summed E-state index contributed by atoms with van der Waals surface area (Å²) in [7, 11) is 0. The van der Waals surface area contributed by atoms with Gasteiger partial charge in [-0.25, -0.2) is 19.9 Å². The average Bonchev–Trinajstić information content (AvgIpc) is 2.96. The molecule has 0 fully saturated rings. The highest BCUT2D eigenvalue weighted by atomic mass is 32.1. The number of fused-ring (bicyclic) bond motifs is 1. The summed E-state index contributed by atoms with van der Waals surface area (Å²) in [5, 5.41) is 10.7. The number of aromatic nitrogens is 5. The van der Waals surface area contributed by atoms with Crippen molar-refractivity contribution >= 4 is 28.3 Å². The molecule has 16 heavy (non-hydrogen) atoms. The van der Waals surface area contributed by atoms with Crippen LogP contribution in [0.15, 0.2) is 17.2 Å². The van der Waals surface area contributed by atoms with Gasteiger partial charge in [0.2, 0.25) is 0 Å². The second-order valence-corrected chi connectivity index (χ2v) is 3.71. The van der Waals surface area contributed by atoms with Crippen molar-refractivity contribution in [2.24, 2.45) is 0 Å². The van der Waals surface area contributed by atoms with Crippen LogP contribution in [0.1, 0.15) is 0 Å². The first-order chi connectivity index (χ1) is 7.88. The number of aromatic amines is 1. The van der Waals surface area contributed by atoms with Crippen molar-refractivity contribution in [3.63, 3.8) is 0 Å². The molecule has 7 nitrogen and oxygen atoms in total. The third-order valence-corrected chi connectivity index (χ3v) is 2.66. The Balaban J connectivity index is 2.23. The van der Waals surface area contributed by atoms with Crippen molar-refractivity contribution in [3.8, 4) is 11.5 Å². The minimum Gasteiger partial charge on any atom is -0.332 e. The van der Waals surface area contributed by atoms with Crippen LogP contribution in [0.4, 0.5) is 5.82 Å². The van der Waals surface area contributed by atoms with Gasteiger partial charge in [-0.2, -0.15) is 0 Å². The van der Waals surface area contributed by atoms with Gasteiger partial charge in [0, 0.05) is 5.38 Å². The first-order valence-electron chi connectivity index (χ1n) is 4.38. The molecule has 3 rings (SSSR count). The maximum absolute atomic E-state index is 8.87. The summed E-state index contributed by atoms with van der Waals surface area (Å²) in [5.74, 6) is 0.896. The van der Waals surface area contributed by atoms with Crippen LogP contribution in [0.3, 0.4) is 0 Å². The predicted octanol–water partition coefficient (Wildman–Crippen LogP) is 1.28. The second kappa shape index (κ2) is 3.51. The van der Waals surface area contributed by atoms with Gasteiger partial charge in [-0.15, -0.1) is 11.3 Å². The molecule has 0 atom stereocenters. The van der Waals surface area contributed by atoms with E-state index in [4.69, 9.17) is 5.21 Å². The smallest absolute Gasteiger partial charge is 0.183 e. The SMILES string of the molecule is ONc1ncnc2nc(-c3cscn3)[nH]c12. The Labute approximate surface area is 93.2 Å². The van der Waals surface area contributed by atoms with Gasteiger partial charge < -0.3 is 4.98 Å². The quantitative estimate of drug-likeness (QED) is 0.577. The molecule has 0 aromatic carbocycles. The first-order valence-corrected chi connectivity index (χ1v) is 5.32. The van der Waals surface area contributed by atoms with Crippen molar-refractivity contribution in [2.45, 2.75) is 0 Å². The topological polar surface area (TPSA) is 99.6 Å². The Morgan fingerprint density at radius 2 is 2.25 bits per heavy atom. The molecule has 0 saturated heterocycles. The molecule has 0 aliphatic rings. The van der Waals surface area contributed by atoms with Gasteiger partial charge in [-0.1, -0.05) is 0 Å². The van der Waals surface area contributed by atoms with E-state index in [0.29, 0.717) is 22.8 Å². The number of H-pyrrole nitrogens is 1. The number of thiazole rings is 1. The maximum atomic E-state index is 8.87. The zero-order valence-electron chi connectivity index (χ0n) is 7.88. The van der Waals surface area contributed by atoms with Gasteiger partial charge in [0.25, 0.3) is 0 Å². The Kier molecular flexibility index (Phi) is 2.01. The molecule has 3 heterocycles. The molecule has 0 amide bonds. The molecule has 0 saturated carbocycles. The van der Waals surface area contributed by atoms with Crippen molar-refractivity contribution in [2.75, 3.05) is 5.48 Å². The summed E-state index contributed by atoms with van der Waals surface area (Å²) in [6, 6.07) is 0. The molecule has 3 aromatic rings. The van der Waals surface area contributed by atoms with E-state index in [-0.39, 0.29) is 0 Å². The van der Waals surface area contributed by atoms with Gasteiger partial charge in [-0.05, 0) is 0 Å². The van der Waals surface area contributed by atoms with Crippen LogP contribution < -0.4 is 5.48 Å². The largest absolute Gasteiger partial charge is 0.332 e. The van der Waals surface area contributed by atoms with Crippen LogP contribution in [0, 0.1) is 0 Å². The Morgan fingerprint density at radius 1 is 1.31 bits per heavy atom. The lowest BCUT2D eigenvalue weighted by atomic mass is 10.5. The lowest BCUT2D eigenvalue weighted by molar-refractivity contribution is 0.386. The standard InChI is InChI=1S/C8H6N6OS/c15-14-8-5-7(9-2-10-8)13-6(12-5)4-1-16-3-11-4/h1-3,15H,(H2,9,10,12,13,14). The molecular weight excluding hydrogens is 228 g/mol. The van der Waals surface area contributed by atoms with E-state index >= 15 is 0 Å². The highest BCUT2D eigenvalue weighted by Crippen LogP contribution is 2.22. The van der Waals surface area contributed by atoms with Crippen molar-refractivity contribution in [1.82, 2.24) is 24.9 Å². The third-order valence-electron chi connectivity index (χ3n) is 2.07. The second-order valence-electron chi connectivity index (χ2n) is 2.99. The van der Waals surface area contributed by atoms with E-state index in [1.807, 2.05) is 10.9 Å². The first kappa shape index (κ1) is 9.19. The van der Waals surface area contributed by atoms with Crippen LogP contribution in [0.2, 0.25) is 0 Å². The Bertz CT molecular complexity index is 619. The van der Waals surface area contributed by atoms with Crippen molar-refractivity contribution in [1.29, 1.82) is 0 Å². The van der Waals surface area contributed by atoms with Gasteiger partial charge in [0.1, 0.15) is 17.5 Å². The van der Waals surface area contributed by atoms with Crippen LogP contribution in [-0.4, -0.2) is 30.1 Å². The summed E-state index contributed by atoms with van der Waals surface area (Å²) in [6.07, 6.45) is 1.33. The summed E-state index contributed by atoms with van der Waals surface area (Å²) < 4.78 is 0. The van der Waals surface area contributed by atoms with Crippen LogP contribution in [0.25, 0.3) is 22.7 Å². The summed E-state index contributed by atoms with van der Waals surface area (Å²) in [5.41, 5.74) is 5.48. The van der Waals surface area contributed by atoms with E-state index in [1.165, 1.54) is 17.7 Å². The molecular formula is C8H6N6OS. The number of hydrogen-bond donors (Lipinski definition) is 3. The van der Waals surface area contributed by atoms with Crippen molar-refractivity contribution in [3.05, 3.63) is 17.2 Å². The van der Waals surface area contributed by atoms with Gasteiger partial charge in [-0.3, -0.25) is 10.7 Å². The fraction of sp³-hybridized carbons (Fsp3) is 0. The van der Waals surface area contributed by atoms with Crippen molar-refractivity contribution < 1.29 is 5.21 Å². The molecule has 3 aromatic heterocycles. The van der Waals surface area contributed by atoms with Gasteiger partial charge >= 0.3 is 0 Å². The van der Waals surface area contributed by atoms with E-state index in [2.05, 4.69) is 24.9 Å². The van der Waals surface area contributed by atoms with Crippen LogP contribution in [0.5, 0.6) is 0 Å². The summed E-state index contributed by atoms with van der Waals surface area (Å²) in [6.45, 7) is 0. The molecule has 8 heteroatoms. The number of imidazole rings is 1. The monoisotopic (exact) mass is 234 g/mol. The van der Waals surface area contributed by atoms with E-state index in [9.17, 15) is 0 Å². The third kappa shape index (κ3) is 1.32. The highest BCUT2D eigenvalue weighted by molar-refractivity contribution is 7.07. The lowest BCUT2D eigenvalue weighted by Crippen LogP contribution is -1.94. The molecule has 3 N–H and O–H groups in total. The average molecular weight is 234 g/mol. The molecule has 0 spiro atoms. The fourth-order valence-electron chi connectivity index (χ4n) is 1.36. The predicted molar refractivity (Wildman–Crippen MR) is 58.2 cm³/mol. The highest BCUT2D eigenvalue weighted by Gasteiger charge is 2.11. The molecule has 0 aliphatic heterocycles. The van der Waals surface area contributed by atoms with E-state index < -0.39 is 0 Å². The summed E-state index contributed by atoms with van der Waals surface area (Å²) in [4.78, 5) is 19.2. The van der Waals surface area contributed by atoms with Gasteiger partial charge in [0.05, 0.1) is 5.51 Å². The fourth-order valence-corrected chi connectivity index (χ4v) is 1.90. The van der Waals surface area contributed by atoms with Crippen LogP contribution >= 0.6 is 11.3 Å². The van der Waals surface area contributed by atoms with E-state index in [0.717, 1.165) is 5.69 Å². The molecule has 0 radical (unpaired) electrons. The Morgan fingerprint density at radius 3 is 3.00 bits per heavy atom.